The van der Waals surface area contributed by atoms with Crippen molar-refractivity contribution >= 4 is 23.2 Å². The van der Waals surface area contributed by atoms with Crippen molar-refractivity contribution in [1.82, 2.24) is 0 Å². The predicted octanol–water partition coefficient (Wildman–Crippen LogP) is 2.18. The molecule has 0 saturated carbocycles. The molecule has 5 heteroatoms. The van der Waals surface area contributed by atoms with E-state index in [1.807, 2.05) is 0 Å². The van der Waals surface area contributed by atoms with Gasteiger partial charge in [0.25, 0.3) is 0 Å². The Bertz CT molecular complexity index is 352. The molecule has 0 radical (unpaired) electrons. The Kier molecular flexibility index (Phi) is 5.02. The molecule has 3 nitrogen and oxygen atoms in total. The molecule has 3 N–H and O–H groups in total. The summed E-state index contributed by atoms with van der Waals surface area (Å²) in [7, 11) is 1.53. The van der Waals surface area contributed by atoms with Crippen molar-refractivity contribution in [1.29, 1.82) is 0 Å². The number of hydrogen-bond donors (Lipinski definition) is 2. The van der Waals surface area contributed by atoms with Crippen LogP contribution in [0.1, 0.15) is 12.0 Å². The van der Waals surface area contributed by atoms with E-state index in [1.165, 1.54) is 7.11 Å². The number of hydrogen-bond acceptors (Lipinski definition) is 3. The lowest BCUT2D eigenvalue weighted by Crippen LogP contribution is -2.33. The van der Waals surface area contributed by atoms with E-state index >= 15 is 0 Å². The molecule has 0 aliphatic rings. The van der Waals surface area contributed by atoms with Gasteiger partial charge < -0.3 is 15.6 Å². The van der Waals surface area contributed by atoms with E-state index in [-0.39, 0.29) is 6.61 Å². The molecule has 0 aliphatic carbocycles. The van der Waals surface area contributed by atoms with Crippen molar-refractivity contribution in [3.8, 4) is 0 Å². The second-order valence-corrected chi connectivity index (χ2v) is 4.45. The zero-order chi connectivity index (χ0) is 12.2. The maximum absolute atomic E-state index is 10.4. The molecule has 0 bridgehead atoms. The summed E-state index contributed by atoms with van der Waals surface area (Å²) in [6, 6.07) is 5.01. The largest absolute Gasteiger partial charge is 0.383 e. The summed E-state index contributed by atoms with van der Waals surface area (Å²) in [4.78, 5) is 0. The summed E-state index contributed by atoms with van der Waals surface area (Å²) in [5, 5.41) is 11.3. The van der Waals surface area contributed by atoms with Crippen LogP contribution in [-0.4, -0.2) is 25.4 Å². The molecule has 1 aromatic carbocycles. The van der Waals surface area contributed by atoms with Crippen molar-refractivity contribution in [2.45, 2.75) is 12.0 Å². The van der Waals surface area contributed by atoms with Crippen LogP contribution < -0.4 is 5.73 Å². The van der Waals surface area contributed by atoms with Gasteiger partial charge in [0.05, 0.1) is 16.7 Å². The number of benzene rings is 1. The molecule has 0 fully saturated rings. The lowest BCUT2D eigenvalue weighted by Gasteiger charge is -2.27. The minimum Gasteiger partial charge on any atom is -0.383 e. The molecule has 16 heavy (non-hydrogen) atoms. The van der Waals surface area contributed by atoms with E-state index in [2.05, 4.69) is 0 Å². The fourth-order valence-electron chi connectivity index (χ4n) is 1.56. The minimum atomic E-state index is -1.11. The lowest BCUT2D eigenvalue weighted by atomic mass is 9.91. The summed E-state index contributed by atoms with van der Waals surface area (Å²) in [5.74, 6) is 0. The molecule has 0 saturated heterocycles. The van der Waals surface area contributed by atoms with Crippen molar-refractivity contribution in [3.05, 3.63) is 33.8 Å². The number of ether oxygens (including phenoxy) is 1. The molecule has 1 rings (SSSR count). The van der Waals surface area contributed by atoms with Gasteiger partial charge in [0.2, 0.25) is 0 Å². The normalized spacial score (nSPS) is 14.8. The Labute approximate surface area is 105 Å². The Balaban J connectivity index is 3.05. The molecule has 0 aromatic heterocycles. The minimum absolute atomic E-state index is 0.169. The van der Waals surface area contributed by atoms with Crippen LogP contribution in [0, 0.1) is 0 Å². The van der Waals surface area contributed by atoms with Gasteiger partial charge in [0.15, 0.2) is 0 Å². The fourth-order valence-corrected chi connectivity index (χ4v) is 1.86. The van der Waals surface area contributed by atoms with Crippen LogP contribution in [0.3, 0.4) is 0 Å². The predicted molar refractivity (Wildman–Crippen MR) is 65.9 cm³/mol. The van der Waals surface area contributed by atoms with Gasteiger partial charge in [-0.2, -0.15) is 0 Å². The van der Waals surface area contributed by atoms with Crippen molar-refractivity contribution in [2.24, 2.45) is 5.73 Å². The lowest BCUT2D eigenvalue weighted by molar-refractivity contribution is -0.0402. The smallest absolute Gasteiger partial charge is 0.114 e. The van der Waals surface area contributed by atoms with Crippen LogP contribution in [0.4, 0.5) is 0 Å². The van der Waals surface area contributed by atoms with Gasteiger partial charge in [-0.1, -0.05) is 29.3 Å². The highest BCUT2D eigenvalue weighted by Crippen LogP contribution is 2.30. The first-order chi connectivity index (χ1) is 7.53. The topological polar surface area (TPSA) is 55.5 Å². The van der Waals surface area contributed by atoms with Gasteiger partial charge in [0, 0.05) is 7.11 Å². The van der Waals surface area contributed by atoms with Crippen LogP contribution in [0.5, 0.6) is 0 Å². The van der Waals surface area contributed by atoms with E-state index < -0.39 is 5.60 Å². The van der Waals surface area contributed by atoms with Crippen molar-refractivity contribution in [3.63, 3.8) is 0 Å². The molecule has 0 aliphatic heterocycles. The Hall–Kier alpha value is -0.320. The highest BCUT2D eigenvalue weighted by molar-refractivity contribution is 6.42. The number of rotatable bonds is 5. The number of aliphatic hydroxyl groups is 1. The zero-order valence-electron chi connectivity index (χ0n) is 9.04. The van der Waals surface area contributed by atoms with E-state index in [9.17, 15) is 5.11 Å². The molecule has 0 unspecified atom stereocenters. The number of halogens is 2. The van der Waals surface area contributed by atoms with Gasteiger partial charge in [-0.15, -0.1) is 0 Å². The monoisotopic (exact) mass is 263 g/mol. The first-order valence-corrected chi connectivity index (χ1v) is 5.66. The number of methoxy groups -OCH3 is 1. The molecular weight excluding hydrogens is 249 g/mol. The van der Waals surface area contributed by atoms with Crippen LogP contribution in [0.25, 0.3) is 0 Å². The Morgan fingerprint density at radius 3 is 2.56 bits per heavy atom. The molecule has 0 spiro atoms. The van der Waals surface area contributed by atoms with Gasteiger partial charge in [-0.25, -0.2) is 0 Å². The van der Waals surface area contributed by atoms with E-state index in [4.69, 9.17) is 33.7 Å². The summed E-state index contributed by atoms with van der Waals surface area (Å²) in [6.45, 7) is 0.530. The van der Waals surface area contributed by atoms with Crippen molar-refractivity contribution in [2.75, 3.05) is 20.3 Å². The maximum Gasteiger partial charge on any atom is 0.114 e. The summed E-state index contributed by atoms with van der Waals surface area (Å²) >= 11 is 11.7. The highest BCUT2D eigenvalue weighted by Gasteiger charge is 2.28. The van der Waals surface area contributed by atoms with E-state index in [1.54, 1.807) is 18.2 Å². The third-order valence-corrected chi connectivity index (χ3v) is 3.14. The fraction of sp³-hybridized carbons (Fsp3) is 0.455. The van der Waals surface area contributed by atoms with Crippen LogP contribution in [-0.2, 0) is 10.3 Å². The highest BCUT2D eigenvalue weighted by atomic mass is 35.5. The third-order valence-electron chi connectivity index (χ3n) is 2.40. The number of nitrogens with two attached hydrogens (primary N) is 1. The molecule has 1 atom stereocenters. The Morgan fingerprint density at radius 1 is 1.38 bits per heavy atom. The quantitative estimate of drug-likeness (QED) is 0.857. The summed E-state index contributed by atoms with van der Waals surface area (Å²) in [5.41, 5.74) is 5.02. The first-order valence-electron chi connectivity index (χ1n) is 4.90. The standard InChI is InChI=1S/C11H15Cl2NO2/c1-16-7-11(15,4-5-14)8-2-3-9(12)10(13)6-8/h2-3,6,15H,4-5,7,14H2,1H3/t11-/m1/s1. The molecule has 0 heterocycles. The van der Waals surface area contributed by atoms with E-state index in [0.717, 1.165) is 0 Å². The summed E-state index contributed by atoms with van der Waals surface area (Å²) < 4.78 is 5.00. The van der Waals surface area contributed by atoms with Crippen LogP contribution in [0.2, 0.25) is 10.0 Å². The van der Waals surface area contributed by atoms with Gasteiger partial charge in [-0.3, -0.25) is 0 Å². The summed E-state index contributed by atoms with van der Waals surface area (Å²) in [6.07, 6.45) is 0.402. The first kappa shape index (κ1) is 13.7. The average molecular weight is 264 g/mol. The van der Waals surface area contributed by atoms with Crippen LogP contribution >= 0.6 is 23.2 Å². The molecule has 90 valence electrons. The molecular formula is C11H15Cl2NO2. The van der Waals surface area contributed by atoms with E-state index in [0.29, 0.717) is 28.6 Å². The Morgan fingerprint density at radius 2 is 2.06 bits per heavy atom. The second-order valence-electron chi connectivity index (χ2n) is 3.63. The van der Waals surface area contributed by atoms with Gasteiger partial charge in [0.1, 0.15) is 5.60 Å². The SMILES string of the molecule is COC[C@](O)(CCN)c1ccc(Cl)c(Cl)c1. The average Bonchev–Trinajstić information content (AvgIpc) is 2.22. The van der Waals surface area contributed by atoms with Gasteiger partial charge in [-0.05, 0) is 30.7 Å². The zero-order valence-corrected chi connectivity index (χ0v) is 10.6. The third kappa shape index (κ3) is 3.09. The van der Waals surface area contributed by atoms with Crippen LogP contribution in [0.15, 0.2) is 18.2 Å². The second kappa shape index (κ2) is 5.84. The molecule has 0 amide bonds. The van der Waals surface area contributed by atoms with Gasteiger partial charge >= 0.3 is 0 Å². The van der Waals surface area contributed by atoms with Crippen molar-refractivity contribution < 1.29 is 9.84 Å². The maximum atomic E-state index is 10.4. The molecule has 1 aromatic rings.